The third kappa shape index (κ3) is 6.82. The fourth-order valence-corrected chi connectivity index (χ4v) is 2.97. The molecule has 1 aliphatic rings. The summed E-state index contributed by atoms with van der Waals surface area (Å²) in [5.41, 5.74) is 5.59. The topological polar surface area (TPSA) is 81.4 Å². The zero-order chi connectivity index (χ0) is 14.1. The van der Waals surface area contributed by atoms with E-state index in [0.29, 0.717) is 17.5 Å². The SMILES string of the molecule is COC(=O)C(N)CSCC(=O)NC1CCCCCC1. The summed E-state index contributed by atoms with van der Waals surface area (Å²) in [5.74, 6) is 0.358. The lowest BCUT2D eigenvalue weighted by Gasteiger charge is -2.16. The minimum Gasteiger partial charge on any atom is -0.468 e. The van der Waals surface area contributed by atoms with Crippen molar-refractivity contribution in [3.63, 3.8) is 0 Å². The van der Waals surface area contributed by atoms with Gasteiger partial charge >= 0.3 is 5.97 Å². The number of carbonyl (C=O) groups excluding carboxylic acids is 2. The third-order valence-electron chi connectivity index (χ3n) is 3.25. The average Bonchev–Trinajstić information content (AvgIpc) is 2.66. The van der Waals surface area contributed by atoms with Crippen LogP contribution in [0.1, 0.15) is 38.5 Å². The minimum absolute atomic E-state index is 0.0361. The molecule has 5 nitrogen and oxygen atoms in total. The molecule has 1 amide bonds. The molecule has 1 unspecified atom stereocenters. The van der Waals surface area contributed by atoms with E-state index < -0.39 is 12.0 Å². The maximum Gasteiger partial charge on any atom is 0.323 e. The van der Waals surface area contributed by atoms with Crippen LogP contribution in [0.2, 0.25) is 0 Å². The zero-order valence-electron chi connectivity index (χ0n) is 11.5. The van der Waals surface area contributed by atoms with Crippen LogP contribution in [0.5, 0.6) is 0 Å². The number of amides is 1. The second-order valence-corrected chi connectivity index (χ2v) is 5.93. The number of hydrogen-bond acceptors (Lipinski definition) is 5. The molecule has 0 radical (unpaired) electrons. The first-order valence-electron chi connectivity index (χ1n) is 6.84. The van der Waals surface area contributed by atoms with Crippen molar-refractivity contribution in [2.24, 2.45) is 5.73 Å². The van der Waals surface area contributed by atoms with Gasteiger partial charge in [-0.3, -0.25) is 9.59 Å². The Morgan fingerprint density at radius 3 is 2.53 bits per heavy atom. The summed E-state index contributed by atoms with van der Waals surface area (Å²) in [7, 11) is 1.31. The Kier molecular flexibility index (Phi) is 7.90. The van der Waals surface area contributed by atoms with Crippen LogP contribution in [0.3, 0.4) is 0 Å². The number of ether oxygens (including phenoxy) is 1. The first-order valence-corrected chi connectivity index (χ1v) is 7.99. The van der Waals surface area contributed by atoms with Crippen LogP contribution >= 0.6 is 11.8 Å². The molecule has 1 aliphatic carbocycles. The summed E-state index contributed by atoms with van der Waals surface area (Å²) in [6, 6.07) is -0.328. The van der Waals surface area contributed by atoms with Crippen LogP contribution in [-0.4, -0.2) is 42.6 Å². The molecule has 1 atom stereocenters. The molecule has 3 N–H and O–H groups in total. The highest BCUT2D eigenvalue weighted by molar-refractivity contribution is 8.00. The molecule has 0 spiro atoms. The largest absolute Gasteiger partial charge is 0.468 e. The van der Waals surface area contributed by atoms with E-state index in [1.807, 2.05) is 0 Å². The number of rotatable bonds is 6. The number of thioether (sulfide) groups is 1. The van der Waals surface area contributed by atoms with Gasteiger partial charge in [0.05, 0.1) is 12.9 Å². The molecule has 19 heavy (non-hydrogen) atoms. The molecule has 6 heteroatoms. The molecule has 0 saturated heterocycles. The van der Waals surface area contributed by atoms with Crippen molar-refractivity contribution in [3.8, 4) is 0 Å². The summed E-state index contributed by atoms with van der Waals surface area (Å²) in [5, 5.41) is 3.06. The Morgan fingerprint density at radius 1 is 1.32 bits per heavy atom. The fourth-order valence-electron chi connectivity index (χ4n) is 2.19. The van der Waals surface area contributed by atoms with Crippen LogP contribution in [0.15, 0.2) is 0 Å². The van der Waals surface area contributed by atoms with Crippen molar-refractivity contribution < 1.29 is 14.3 Å². The lowest BCUT2D eigenvalue weighted by Crippen LogP contribution is -2.37. The fraction of sp³-hybridized carbons (Fsp3) is 0.846. The van der Waals surface area contributed by atoms with E-state index in [9.17, 15) is 9.59 Å². The maximum atomic E-state index is 11.8. The Bertz CT molecular complexity index is 292. The van der Waals surface area contributed by atoms with E-state index in [4.69, 9.17) is 5.73 Å². The van der Waals surface area contributed by atoms with Gasteiger partial charge in [0.2, 0.25) is 5.91 Å². The molecule has 0 bridgehead atoms. The van der Waals surface area contributed by atoms with Gasteiger partial charge in [-0.05, 0) is 12.8 Å². The lowest BCUT2D eigenvalue weighted by atomic mass is 10.1. The normalized spacial score (nSPS) is 18.4. The van der Waals surface area contributed by atoms with Crippen LogP contribution in [0.4, 0.5) is 0 Å². The maximum absolute atomic E-state index is 11.8. The van der Waals surface area contributed by atoms with Crippen LogP contribution in [0, 0.1) is 0 Å². The van der Waals surface area contributed by atoms with Gasteiger partial charge in [0.15, 0.2) is 0 Å². The summed E-state index contributed by atoms with van der Waals surface area (Å²) < 4.78 is 4.53. The standard InChI is InChI=1S/C13H24N2O3S/c1-18-13(17)11(14)8-19-9-12(16)15-10-6-4-2-3-5-7-10/h10-11H,2-9,14H2,1H3,(H,15,16). The van der Waals surface area contributed by atoms with E-state index in [2.05, 4.69) is 10.1 Å². The second kappa shape index (κ2) is 9.20. The van der Waals surface area contributed by atoms with E-state index >= 15 is 0 Å². The molecule has 0 aromatic rings. The highest BCUT2D eigenvalue weighted by Gasteiger charge is 2.16. The van der Waals surface area contributed by atoms with Crippen LogP contribution in [-0.2, 0) is 14.3 Å². The molecular formula is C13H24N2O3S. The highest BCUT2D eigenvalue weighted by Crippen LogP contribution is 2.17. The van der Waals surface area contributed by atoms with Crippen molar-refractivity contribution in [2.75, 3.05) is 18.6 Å². The summed E-state index contributed by atoms with van der Waals surface area (Å²) in [4.78, 5) is 22.8. The van der Waals surface area contributed by atoms with E-state index in [0.717, 1.165) is 12.8 Å². The zero-order valence-corrected chi connectivity index (χ0v) is 12.3. The van der Waals surface area contributed by atoms with Gasteiger partial charge in [-0.1, -0.05) is 25.7 Å². The van der Waals surface area contributed by atoms with E-state index in [-0.39, 0.29) is 5.91 Å². The highest BCUT2D eigenvalue weighted by atomic mass is 32.2. The van der Waals surface area contributed by atoms with Crippen molar-refractivity contribution in [2.45, 2.75) is 50.6 Å². The number of carbonyl (C=O) groups is 2. The van der Waals surface area contributed by atoms with Crippen molar-refractivity contribution in [1.82, 2.24) is 5.32 Å². The van der Waals surface area contributed by atoms with E-state index in [1.54, 1.807) is 0 Å². The number of nitrogens with one attached hydrogen (secondary N) is 1. The van der Waals surface area contributed by atoms with Gasteiger partial charge in [0.25, 0.3) is 0 Å². The number of hydrogen-bond donors (Lipinski definition) is 2. The van der Waals surface area contributed by atoms with Gasteiger partial charge in [0, 0.05) is 11.8 Å². The molecule has 0 aliphatic heterocycles. The van der Waals surface area contributed by atoms with E-state index in [1.165, 1.54) is 44.6 Å². The predicted molar refractivity (Wildman–Crippen MR) is 76.9 cm³/mol. The molecule has 1 rings (SSSR count). The summed E-state index contributed by atoms with van der Waals surface area (Å²) >= 11 is 1.37. The Balaban J connectivity index is 2.15. The molecule has 0 heterocycles. The Morgan fingerprint density at radius 2 is 1.95 bits per heavy atom. The summed E-state index contributed by atoms with van der Waals surface area (Å²) in [6.45, 7) is 0. The van der Waals surface area contributed by atoms with Gasteiger partial charge < -0.3 is 15.8 Å². The van der Waals surface area contributed by atoms with Gasteiger partial charge in [0.1, 0.15) is 6.04 Å². The molecule has 1 saturated carbocycles. The Labute approximate surface area is 119 Å². The first kappa shape index (κ1) is 16.3. The number of nitrogens with two attached hydrogens (primary N) is 1. The van der Waals surface area contributed by atoms with Gasteiger partial charge in [-0.15, -0.1) is 11.8 Å². The van der Waals surface area contributed by atoms with Crippen molar-refractivity contribution in [1.29, 1.82) is 0 Å². The van der Waals surface area contributed by atoms with Crippen LogP contribution in [0.25, 0.3) is 0 Å². The smallest absolute Gasteiger partial charge is 0.323 e. The predicted octanol–water partition coefficient (Wildman–Crippen LogP) is 1.06. The molecule has 0 aromatic heterocycles. The quantitative estimate of drug-likeness (QED) is 0.564. The Hall–Kier alpha value is -0.750. The number of methoxy groups -OCH3 is 1. The summed E-state index contributed by atoms with van der Waals surface area (Å²) in [6.07, 6.45) is 7.11. The molecule has 0 aromatic carbocycles. The first-order chi connectivity index (χ1) is 9.13. The second-order valence-electron chi connectivity index (χ2n) is 4.90. The third-order valence-corrected chi connectivity index (χ3v) is 4.32. The molecular weight excluding hydrogens is 264 g/mol. The minimum atomic E-state index is -0.652. The van der Waals surface area contributed by atoms with Crippen molar-refractivity contribution >= 4 is 23.6 Å². The monoisotopic (exact) mass is 288 g/mol. The van der Waals surface area contributed by atoms with Gasteiger partial charge in [-0.25, -0.2) is 0 Å². The molecule has 110 valence electrons. The van der Waals surface area contributed by atoms with Gasteiger partial charge in [-0.2, -0.15) is 0 Å². The number of esters is 1. The van der Waals surface area contributed by atoms with Crippen molar-refractivity contribution in [3.05, 3.63) is 0 Å². The van der Waals surface area contributed by atoms with Crippen LogP contribution < -0.4 is 11.1 Å². The lowest BCUT2D eigenvalue weighted by molar-refractivity contribution is -0.141. The average molecular weight is 288 g/mol. The molecule has 1 fully saturated rings.